The summed E-state index contributed by atoms with van der Waals surface area (Å²) in [7, 11) is 1.44. The van der Waals surface area contributed by atoms with E-state index in [-0.39, 0.29) is 23.0 Å². The zero-order chi connectivity index (χ0) is 27.5. The zero-order valence-electron chi connectivity index (χ0n) is 20.1. The Hall–Kier alpha value is -4.24. The fourth-order valence-corrected chi connectivity index (χ4v) is 4.79. The fourth-order valence-electron chi connectivity index (χ4n) is 3.97. The lowest BCUT2D eigenvalue weighted by Gasteiger charge is -2.09. The molecule has 5 rings (SSSR count). The Morgan fingerprint density at radius 1 is 0.974 bits per heavy atom. The number of amides is 1. The molecule has 2 aromatic heterocycles. The van der Waals surface area contributed by atoms with Gasteiger partial charge in [0.1, 0.15) is 5.69 Å². The molecule has 0 spiro atoms. The Balaban J connectivity index is 1.40. The van der Waals surface area contributed by atoms with Gasteiger partial charge in [0.25, 0.3) is 5.91 Å². The van der Waals surface area contributed by atoms with Gasteiger partial charge in [-0.05, 0) is 54.1 Å². The SMILES string of the molecule is COc1cc(C=NNC(=O)c2[nH]c3cc(Cl)cc(Cl)c3c2-c2ccccc2Cl)ccc1OC(=O)c1ccco1. The van der Waals surface area contributed by atoms with Crippen LogP contribution in [0.25, 0.3) is 22.0 Å². The molecule has 0 bridgehead atoms. The maximum Gasteiger partial charge on any atom is 0.379 e. The topological polar surface area (TPSA) is 106 Å². The molecule has 0 unspecified atom stereocenters. The number of nitrogens with one attached hydrogen (secondary N) is 2. The molecule has 0 aliphatic carbocycles. The largest absolute Gasteiger partial charge is 0.493 e. The minimum Gasteiger partial charge on any atom is -0.493 e. The quantitative estimate of drug-likeness (QED) is 0.0901. The summed E-state index contributed by atoms with van der Waals surface area (Å²) in [5, 5.41) is 5.91. The molecule has 1 amide bonds. The van der Waals surface area contributed by atoms with Crippen LogP contribution in [0.1, 0.15) is 26.6 Å². The number of methoxy groups -OCH3 is 1. The highest BCUT2D eigenvalue weighted by atomic mass is 35.5. The Morgan fingerprint density at radius 3 is 2.54 bits per heavy atom. The van der Waals surface area contributed by atoms with Gasteiger partial charge in [0.05, 0.1) is 24.6 Å². The van der Waals surface area contributed by atoms with E-state index in [0.717, 1.165) is 0 Å². The number of aromatic nitrogens is 1. The van der Waals surface area contributed by atoms with Crippen LogP contribution in [0.15, 0.2) is 82.5 Å². The van der Waals surface area contributed by atoms with Gasteiger partial charge >= 0.3 is 5.97 Å². The van der Waals surface area contributed by atoms with E-state index in [1.165, 1.54) is 25.7 Å². The molecule has 0 atom stereocenters. The third-order valence-electron chi connectivity index (χ3n) is 5.68. The number of nitrogens with zero attached hydrogens (tertiary/aromatic N) is 1. The molecule has 8 nitrogen and oxygen atoms in total. The van der Waals surface area contributed by atoms with Crippen LogP contribution in [0.2, 0.25) is 15.1 Å². The van der Waals surface area contributed by atoms with Crippen molar-refractivity contribution in [3.63, 3.8) is 0 Å². The second kappa shape index (κ2) is 11.2. The Bertz CT molecular complexity index is 1730. The van der Waals surface area contributed by atoms with E-state index in [4.69, 9.17) is 48.7 Å². The first kappa shape index (κ1) is 26.4. The number of hydrogen-bond acceptors (Lipinski definition) is 6. The summed E-state index contributed by atoms with van der Waals surface area (Å²) in [5.74, 6) is -0.657. The molecule has 5 aromatic rings. The molecule has 3 aromatic carbocycles. The number of aromatic amines is 1. The monoisotopic (exact) mass is 581 g/mol. The average molecular weight is 583 g/mol. The van der Waals surface area contributed by atoms with Crippen molar-refractivity contribution in [2.75, 3.05) is 7.11 Å². The van der Waals surface area contributed by atoms with Crippen LogP contribution in [-0.4, -0.2) is 30.2 Å². The number of halogens is 3. The molecule has 2 N–H and O–H groups in total. The normalized spacial score (nSPS) is 11.2. The number of hydrogen-bond donors (Lipinski definition) is 2. The second-order valence-electron chi connectivity index (χ2n) is 8.14. The lowest BCUT2D eigenvalue weighted by atomic mass is 10.0. The maximum atomic E-state index is 13.3. The predicted octanol–water partition coefficient (Wildman–Crippen LogP) is 7.38. The third-order valence-corrected chi connectivity index (χ3v) is 6.52. The number of H-pyrrole nitrogens is 1. The van der Waals surface area contributed by atoms with Gasteiger partial charge in [0.15, 0.2) is 11.5 Å². The molecule has 0 saturated heterocycles. The van der Waals surface area contributed by atoms with Crippen LogP contribution >= 0.6 is 34.8 Å². The number of furan rings is 1. The summed E-state index contributed by atoms with van der Waals surface area (Å²) in [5.41, 5.74) is 5.01. The minimum absolute atomic E-state index is 0.0575. The van der Waals surface area contributed by atoms with Gasteiger partial charge in [-0.25, -0.2) is 10.2 Å². The molecule has 0 fully saturated rings. The number of carbonyl (C=O) groups excluding carboxylic acids is 2. The van der Waals surface area contributed by atoms with Gasteiger partial charge in [-0.15, -0.1) is 0 Å². The maximum absolute atomic E-state index is 13.3. The van der Waals surface area contributed by atoms with Crippen LogP contribution in [0.5, 0.6) is 11.5 Å². The fraction of sp³-hybridized carbons (Fsp3) is 0.0357. The molecule has 196 valence electrons. The molecule has 0 saturated carbocycles. The van der Waals surface area contributed by atoms with E-state index in [1.807, 2.05) is 6.07 Å². The summed E-state index contributed by atoms with van der Waals surface area (Å²) in [6.07, 6.45) is 2.79. The van der Waals surface area contributed by atoms with E-state index in [0.29, 0.717) is 42.7 Å². The van der Waals surface area contributed by atoms with Gasteiger partial charge in [0.2, 0.25) is 5.76 Å². The number of carbonyl (C=O) groups is 2. The van der Waals surface area contributed by atoms with Crippen molar-refractivity contribution >= 4 is 63.8 Å². The summed E-state index contributed by atoms with van der Waals surface area (Å²) in [4.78, 5) is 28.5. The van der Waals surface area contributed by atoms with Gasteiger partial charge in [0, 0.05) is 32.1 Å². The van der Waals surface area contributed by atoms with Crippen molar-refractivity contribution in [1.82, 2.24) is 10.4 Å². The molecular formula is C28H18Cl3N3O5. The zero-order valence-corrected chi connectivity index (χ0v) is 22.4. The van der Waals surface area contributed by atoms with Gasteiger partial charge < -0.3 is 18.9 Å². The lowest BCUT2D eigenvalue weighted by molar-refractivity contribution is 0.0696. The highest BCUT2D eigenvalue weighted by Gasteiger charge is 2.23. The summed E-state index contributed by atoms with van der Waals surface area (Å²) >= 11 is 19.2. The van der Waals surface area contributed by atoms with Crippen LogP contribution < -0.4 is 14.9 Å². The first-order chi connectivity index (χ1) is 18.9. The van der Waals surface area contributed by atoms with Gasteiger partial charge in [-0.2, -0.15) is 5.10 Å². The van der Waals surface area contributed by atoms with Crippen molar-refractivity contribution in [2.45, 2.75) is 0 Å². The van der Waals surface area contributed by atoms with Crippen LogP contribution in [-0.2, 0) is 0 Å². The van der Waals surface area contributed by atoms with E-state index < -0.39 is 11.9 Å². The first-order valence-corrected chi connectivity index (χ1v) is 12.5. The Labute approximate surface area is 237 Å². The van der Waals surface area contributed by atoms with Crippen molar-refractivity contribution in [3.8, 4) is 22.6 Å². The van der Waals surface area contributed by atoms with Crippen LogP contribution in [0.4, 0.5) is 0 Å². The number of hydrazone groups is 1. The molecule has 0 aliphatic rings. The molecular weight excluding hydrogens is 565 g/mol. The lowest BCUT2D eigenvalue weighted by Crippen LogP contribution is -2.19. The Kier molecular flexibility index (Phi) is 7.60. The Morgan fingerprint density at radius 2 is 1.79 bits per heavy atom. The predicted molar refractivity (Wildman–Crippen MR) is 150 cm³/mol. The second-order valence-corrected chi connectivity index (χ2v) is 9.39. The van der Waals surface area contributed by atoms with Crippen molar-refractivity contribution in [1.29, 1.82) is 0 Å². The summed E-state index contributed by atoms with van der Waals surface area (Å²) in [6, 6.07) is 18.3. The van der Waals surface area contributed by atoms with E-state index >= 15 is 0 Å². The average Bonchev–Trinajstić information content (AvgIpc) is 3.58. The molecule has 39 heavy (non-hydrogen) atoms. The number of esters is 1. The molecule has 0 aliphatic heterocycles. The number of benzene rings is 3. The third kappa shape index (κ3) is 5.49. The van der Waals surface area contributed by atoms with Crippen molar-refractivity contribution in [3.05, 3.63) is 105 Å². The summed E-state index contributed by atoms with van der Waals surface area (Å²) in [6.45, 7) is 0. The van der Waals surface area contributed by atoms with E-state index in [2.05, 4.69) is 15.5 Å². The highest BCUT2D eigenvalue weighted by molar-refractivity contribution is 6.41. The highest BCUT2D eigenvalue weighted by Crippen LogP contribution is 2.41. The molecule has 2 heterocycles. The minimum atomic E-state index is -0.666. The summed E-state index contributed by atoms with van der Waals surface area (Å²) < 4.78 is 15.7. The number of fused-ring (bicyclic) bond motifs is 1. The number of ether oxygens (including phenoxy) is 2. The van der Waals surface area contributed by atoms with Crippen LogP contribution in [0.3, 0.4) is 0 Å². The van der Waals surface area contributed by atoms with Crippen LogP contribution in [0, 0.1) is 0 Å². The van der Waals surface area contributed by atoms with Crippen molar-refractivity contribution in [2.24, 2.45) is 5.10 Å². The van der Waals surface area contributed by atoms with Gasteiger partial charge in [-0.3, -0.25) is 4.79 Å². The number of rotatable bonds is 7. The first-order valence-electron chi connectivity index (χ1n) is 11.4. The van der Waals surface area contributed by atoms with Crippen molar-refractivity contribution < 1.29 is 23.5 Å². The smallest absolute Gasteiger partial charge is 0.379 e. The van der Waals surface area contributed by atoms with Gasteiger partial charge in [-0.1, -0.05) is 53.0 Å². The standard InChI is InChI=1S/C28H18Cl3N3O5/c1-37-23-11-15(8-9-21(23)39-28(36)22-7-4-10-38-22)14-32-34-27(35)26-24(17-5-2-3-6-18(17)30)25-19(31)12-16(29)13-20(25)33-26/h2-14,33H,1H3,(H,34,35). The molecule has 11 heteroatoms. The van der Waals surface area contributed by atoms with E-state index in [1.54, 1.807) is 54.6 Å². The molecule has 0 radical (unpaired) electrons. The van der Waals surface area contributed by atoms with E-state index in [9.17, 15) is 9.59 Å².